The van der Waals surface area contributed by atoms with Gasteiger partial charge in [0.25, 0.3) is 10.0 Å². The highest BCUT2D eigenvalue weighted by Crippen LogP contribution is 2.31. The molecule has 0 aliphatic heterocycles. The van der Waals surface area contributed by atoms with E-state index in [0.29, 0.717) is 29.2 Å². The Labute approximate surface area is 206 Å². The molecular weight excluding hydrogens is 469 g/mol. The van der Waals surface area contributed by atoms with Gasteiger partial charge in [-0.3, -0.25) is 0 Å². The summed E-state index contributed by atoms with van der Waals surface area (Å²) in [6.07, 6.45) is 3.16. The van der Waals surface area contributed by atoms with E-state index >= 15 is 4.39 Å². The Hall–Kier alpha value is -3.20. The van der Waals surface area contributed by atoms with Gasteiger partial charge >= 0.3 is 6.09 Å². The molecule has 0 spiro atoms. The number of nitrogens with zero attached hydrogens (tertiary/aromatic N) is 2. The summed E-state index contributed by atoms with van der Waals surface area (Å²) in [5, 5.41) is 0. The third-order valence-corrected chi connectivity index (χ3v) is 6.81. The molecule has 1 aromatic heterocycles. The van der Waals surface area contributed by atoms with E-state index in [4.69, 9.17) is 4.74 Å². The molecule has 3 aromatic rings. The number of benzene rings is 2. The third kappa shape index (κ3) is 6.48. The van der Waals surface area contributed by atoms with Crippen molar-refractivity contribution < 1.29 is 22.3 Å². The van der Waals surface area contributed by atoms with Crippen molar-refractivity contribution in [2.75, 3.05) is 6.61 Å². The molecule has 1 amide bonds. The fraction of sp³-hybridized carbons (Fsp3) is 0.385. The molecule has 0 atom stereocenters. The molecule has 0 saturated carbocycles. The van der Waals surface area contributed by atoms with Gasteiger partial charge in [-0.1, -0.05) is 45.9 Å². The lowest BCUT2D eigenvalue weighted by Gasteiger charge is -2.16. The van der Waals surface area contributed by atoms with Gasteiger partial charge in [0.1, 0.15) is 11.6 Å². The molecule has 0 bridgehead atoms. The third-order valence-electron chi connectivity index (χ3n) is 5.44. The van der Waals surface area contributed by atoms with Crippen LogP contribution < -0.4 is 4.72 Å². The Morgan fingerprint density at radius 2 is 1.89 bits per heavy atom. The SMILES string of the molecule is CCOC(=O)NS(=O)(=O)c1ccc(CC(C)C)cc1-c1ccc(Cn2ccnc2C(C)C)c(F)c1. The molecule has 35 heavy (non-hydrogen) atoms. The zero-order valence-corrected chi connectivity index (χ0v) is 21.5. The zero-order chi connectivity index (χ0) is 25.8. The predicted octanol–water partition coefficient (Wildman–Crippen LogP) is 5.49. The molecule has 9 heteroatoms. The summed E-state index contributed by atoms with van der Waals surface area (Å²) in [6.45, 7) is 10.1. The number of aromatic nitrogens is 2. The Morgan fingerprint density at radius 1 is 1.14 bits per heavy atom. The minimum Gasteiger partial charge on any atom is -0.449 e. The lowest BCUT2D eigenvalue weighted by molar-refractivity contribution is 0.158. The number of amides is 1. The van der Waals surface area contributed by atoms with Gasteiger partial charge in [0.2, 0.25) is 0 Å². The zero-order valence-electron chi connectivity index (χ0n) is 20.7. The van der Waals surface area contributed by atoms with Gasteiger partial charge in [-0.2, -0.15) is 0 Å². The van der Waals surface area contributed by atoms with E-state index in [-0.39, 0.29) is 17.4 Å². The van der Waals surface area contributed by atoms with Crippen LogP contribution in [0.1, 0.15) is 57.5 Å². The number of hydrogen-bond donors (Lipinski definition) is 1. The van der Waals surface area contributed by atoms with Gasteiger partial charge in [0.05, 0.1) is 18.0 Å². The van der Waals surface area contributed by atoms with Crippen LogP contribution in [0.4, 0.5) is 9.18 Å². The molecule has 0 aliphatic carbocycles. The van der Waals surface area contributed by atoms with Crippen molar-refractivity contribution >= 4 is 16.1 Å². The van der Waals surface area contributed by atoms with Crippen molar-refractivity contribution in [3.05, 3.63) is 71.6 Å². The second kappa shape index (κ2) is 11.0. The van der Waals surface area contributed by atoms with Gasteiger partial charge in [0.15, 0.2) is 0 Å². The quantitative estimate of drug-likeness (QED) is 0.418. The number of halogens is 1. The summed E-state index contributed by atoms with van der Waals surface area (Å²) in [7, 11) is -4.24. The fourth-order valence-corrected chi connectivity index (χ4v) is 5.04. The number of ether oxygens (including phenoxy) is 1. The average molecular weight is 502 g/mol. The van der Waals surface area contributed by atoms with E-state index in [9.17, 15) is 13.2 Å². The van der Waals surface area contributed by atoms with Crippen LogP contribution in [0.5, 0.6) is 0 Å². The van der Waals surface area contributed by atoms with Gasteiger partial charge < -0.3 is 9.30 Å². The van der Waals surface area contributed by atoms with Gasteiger partial charge in [-0.25, -0.2) is 27.3 Å². The summed E-state index contributed by atoms with van der Waals surface area (Å²) >= 11 is 0. The second-order valence-corrected chi connectivity index (χ2v) is 10.8. The molecule has 7 nitrogen and oxygen atoms in total. The van der Waals surface area contributed by atoms with Crippen LogP contribution >= 0.6 is 0 Å². The smallest absolute Gasteiger partial charge is 0.421 e. The number of nitrogens with one attached hydrogen (secondary N) is 1. The number of sulfonamides is 1. The first-order chi connectivity index (χ1) is 16.5. The van der Waals surface area contributed by atoms with E-state index in [1.807, 2.05) is 29.3 Å². The topological polar surface area (TPSA) is 90.3 Å². The maximum Gasteiger partial charge on any atom is 0.421 e. The van der Waals surface area contributed by atoms with Gasteiger partial charge in [-0.05, 0) is 48.6 Å². The molecule has 188 valence electrons. The summed E-state index contributed by atoms with van der Waals surface area (Å²) in [4.78, 5) is 16.1. The predicted molar refractivity (Wildman–Crippen MR) is 133 cm³/mol. The van der Waals surface area contributed by atoms with Crippen molar-refractivity contribution in [3.63, 3.8) is 0 Å². The molecule has 0 radical (unpaired) electrons. The Bertz CT molecular complexity index is 1300. The largest absolute Gasteiger partial charge is 0.449 e. The normalized spacial score (nSPS) is 11.8. The highest BCUT2D eigenvalue weighted by Gasteiger charge is 2.24. The lowest BCUT2D eigenvalue weighted by Crippen LogP contribution is -2.31. The minimum absolute atomic E-state index is 0.0314. The van der Waals surface area contributed by atoms with E-state index in [1.165, 1.54) is 12.1 Å². The molecule has 2 aromatic carbocycles. The van der Waals surface area contributed by atoms with Crippen molar-refractivity contribution in [2.45, 2.75) is 58.4 Å². The van der Waals surface area contributed by atoms with Crippen molar-refractivity contribution in [2.24, 2.45) is 5.92 Å². The Morgan fingerprint density at radius 3 is 2.51 bits per heavy atom. The number of imidazole rings is 1. The number of rotatable bonds is 9. The standard InChI is InChI=1S/C26H32FN3O4S/c1-6-34-26(31)29-35(32,33)24-10-7-19(13-17(2)3)14-22(24)20-8-9-21(23(27)15-20)16-30-12-11-28-25(30)18(4)5/h7-12,14-15,17-18H,6,13,16H2,1-5H3,(H,29,31). The molecule has 0 saturated heterocycles. The van der Waals surface area contributed by atoms with Gasteiger partial charge in [-0.15, -0.1) is 0 Å². The van der Waals surface area contributed by atoms with Crippen molar-refractivity contribution in [1.82, 2.24) is 14.3 Å². The summed E-state index contributed by atoms with van der Waals surface area (Å²) in [5.41, 5.74) is 2.09. The maximum atomic E-state index is 15.2. The maximum absolute atomic E-state index is 15.2. The van der Waals surface area contributed by atoms with Crippen molar-refractivity contribution in [3.8, 4) is 11.1 Å². The second-order valence-electron chi connectivity index (χ2n) is 9.13. The average Bonchev–Trinajstić information content (AvgIpc) is 3.23. The Kier molecular flexibility index (Phi) is 8.32. The number of carbonyl (C=O) groups is 1. The molecule has 3 rings (SSSR count). The van der Waals surface area contributed by atoms with E-state index < -0.39 is 21.9 Å². The van der Waals surface area contributed by atoms with Crippen LogP contribution in [0.15, 0.2) is 53.7 Å². The summed E-state index contributed by atoms with van der Waals surface area (Å²) in [5.74, 6) is 0.929. The van der Waals surface area contributed by atoms with E-state index in [2.05, 4.69) is 18.8 Å². The molecule has 1 heterocycles. The van der Waals surface area contributed by atoms with Crippen LogP contribution in [0.2, 0.25) is 0 Å². The van der Waals surface area contributed by atoms with Gasteiger partial charge in [0, 0.05) is 29.4 Å². The van der Waals surface area contributed by atoms with Crippen molar-refractivity contribution in [1.29, 1.82) is 0 Å². The lowest BCUT2D eigenvalue weighted by atomic mass is 9.97. The highest BCUT2D eigenvalue weighted by atomic mass is 32.2. The van der Waals surface area contributed by atoms with E-state index in [1.54, 1.807) is 37.4 Å². The number of carbonyl (C=O) groups excluding carboxylic acids is 1. The first-order valence-electron chi connectivity index (χ1n) is 11.6. The minimum atomic E-state index is -4.24. The number of hydrogen-bond acceptors (Lipinski definition) is 5. The Balaban J connectivity index is 2.03. The van der Waals surface area contributed by atoms with E-state index in [0.717, 1.165) is 17.8 Å². The van der Waals surface area contributed by atoms with Crippen LogP contribution in [-0.2, 0) is 27.7 Å². The van der Waals surface area contributed by atoms with Crippen LogP contribution in [0.25, 0.3) is 11.1 Å². The monoisotopic (exact) mass is 501 g/mol. The first kappa shape index (κ1) is 26.4. The molecule has 0 unspecified atom stereocenters. The molecule has 0 aliphatic rings. The fourth-order valence-electron chi connectivity index (χ4n) is 3.94. The van der Waals surface area contributed by atoms with Crippen LogP contribution in [0.3, 0.4) is 0 Å². The summed E-state index contributed by atoms with van der Waals surface area (Å²) < 4.78 is 49.8. The highest BCUT2D eigenvalue weighted by molar-refractivity contribution is 7.90. The van der Waals surface area contributed by atoms with Crippen LogP contribution in [-0.4, -0.2) is 30.7 Å². The molecule has 0 fully saturated rings. The summed E-state index contributed by atoms with van der Waals surface area (Å²) in [6, 6.07) is 9.57. The van der Waals surface area contributed by atoms with Crippen LogP contribution in [0, 0.1) is 11.7 Å². The molecular formula is C26H32FN3O4S. The molecule has 1 N–H and O–H groups in total. The first-order valence-corrected chi connectivity index (χ1v) is 13.1.